The summed E-state index contributed by atoms with van der Waals surface area (Å²) < 4.78 is 41.2. The maximum atomic E-state index is 13.1. The van der Waals surface area contributed by atoms with Crippen molar-refractivity contribution in [3.05, 3.63) is 65.8 Å². The van der Waals surface area contributed by atoms with Gasteiger partial charge in [0, 0.05) is 24.6 Å². The van der Waals surface area contributed by atoms with Gasteiger partial charge in [-0.1, -0.05) is 12.1 Å². The first-order valence-electron chi connectivity index (χ1n) is 10.4. The van der Waals surface area contributed by atoms with E-state index in [0.717, 1.165) is 37.9 Å². The number of halogens is 1. The maximum Gasteiger partial charge on any atom is 0.243 e. The number of sulfonamides is 1. The lowest BCUT2D eigenvalue weighted by Gasteiger charge is -2.30. The van der Waals surface area contributed by atoms with Gasteiger partial charge < -0.3 is 5.32 Å². The van der Waals surface area contributed by atoms with Crippen LogP contribution in [0, 0.1) is 11.7 Å². The molecule has 0 saturated carbocycles. The highest BCUT2D eigenvalue weighted by Gasteiger charge is 2.32. The SMILES string of the molecule is O=C(Nc1sccc1-c1nc2ccccc2s1)C1CCN(S(=O)(=O)c2ccc(F)cc2)CC1. The Kier molecular flexibility index (Phi) is 6.00. The predicted molar refractivity (Wildman–Crippen MR) is 129 cm³/mol. The van der Waals surface area contributed by atoms with Crippen LogP contribution in [0.25, 0.3) is 20.8 Å². The first kappa shape index (κ1) is 22.1. The van der Waals surface area contributed by atoms with Crippen molar-refractivity contribution in [3.63, 3.8) is 0 Å². The van der Waals surface area contributed by atoms with Gasteiger partial charge in [-0.2, -0.15) is 4.31 Å². The average molecular weight is 502 g/mol. The zero-order valence-corrected chi connectivity index (χ0v) is 19.9. The van der Waals surface area contributed by atoms with Crippen LogP contribution in [0.4, 0.5) is 9.39 Å². The second kappa shape index (κ2) is 8.94. The number of benzene rings is 2. The molecule has 0 aliphatic carbocycles. The summed E-state index contributed by atoms with van der Waals surface area (Å²) in [6.07, 6.45) is 0.849. The molecule has 2 aromatic carbocycles. The number of rotatable bonds is 5. The zero-order valence-electron chi connectivity index (χ0n) is 17.4. The number of piperidine rings is 1. The Hall–Kier alpha value is -2.66. The first-order chi connectivity index (χ1) is 15.9. The number of fused-ring (bicyclic) bond motifs is 1. The van der Waals surface area contributed by atoms with E-state index in [1.165, 1.54) is 27.8 Å². The summed E-state index contributed by atoms with van der Waals surface area (Å²) in [6, 6.07) is 14.7. The minimum atomic E-state index is -3.70. The van der Waals surface area contributed by atoms with Gasteiger partial charge in [-0.3, -0.25) is 4.79 Å². The monoisotopic (exact) mass is 501 g/mol. The van der Waals surface area contributed by atoms with Gasteiger partial charge in [0.2, 0.25) is 15.9 Å². The number of aromatic nitrogens is 1. The van der Waals surface area contributed by atoms with E-state index in [0.29, 0.717) is 12.8 Å². The molecule has 1 aliphatic heterocycles. The number of hydrogen-bond donors (Lipinski definition) is 1. The number of carbonyl (C=O) groups is 1. The van der Waals surface area contributed by atoms with Crippen LogP contribution in [0.5, 0.6) is 0 Å². The molecule has 6 nitrogen and oxygen atoms in total. The number of hydrogen-bond acceptors (Lipinski definition) is 6. The number of para-hydroxylation sites is 1. The highest BCUT2D eigenvalue weighted by Crippen LogP contribution is 2.38. The van der Waals surface area contributed by atoms with E-state index in [1.807, 2.05) is 35.7 Å². The smallest absolute Gasteiger partial charge is 0.243 e. The molecule has 0 bridgehead atoms. The van der Waals surface area contributed by atoms with Crippen LogP contribution in [0.2, 0.25) is 0 Å². The van der Waals surface area contributed by atoms with Gasteiger partial charge in [0.15, 0.2) is 0 Å². The first-order valence-corrected chi connectivity index (χ1v) is 13.6. The number of nitrogens with zero attached hydrogens (tertiary/aromatic N) is 2. The largest absolute Gasteiger partial charge is 0.317 e. The molecule has 2 aromatic heterocycles. The lowest BCUT2D eigenvalue weighted by atomic mass is 9.97. The average Bonchev–Trinajstić information content (AvgIpc) is 3.46. The molecule has 0 atom stereocenters. The minimum absolute atomic E-state index is 0.0610. The van der Waals surface area contributed by atoms with Crippen LogP contribution >= 0.6 is 22.7 Å². The molecule has 170 valence electrons. The fourth-order valence-corrected chi connectivity index (χ4v) is 7.21. The second-order valence-electron chi connectivity index (χ2n) is 7.77. The topological polar surface area (TPSA) is 79.4 Å². The van der Waals surface area contributed by atoms with E-state index < -0.39 is 15.8 Å². The van der Waals surface area contributed by atoms with Crippen molar-refractivity contribution in [2.45, 2.75) is 17.7 Å². The van der Waals surface area contributed by atoms with Crippen molar-refractivity contribution in [2.24, 2.45) is 5.92 Å². The third-order valence-electron chi connectivity index (χ3n) is 5.70. The van der Waals surface area contributed by atoms with Crippen LogP contribution in [-0.4, -0.2) is 36.7 Å². The fraction of sp³-hybridized carbons (Fsp3) is 0.217. The quantitative estimate of drug-likeness (QED) is 0.408. The Balaban J connectivity index is 1.25. The Morgan fingerprint density at radius 1 is 1.06 bits per heavy atom. The molecule has 1 aliphatic rings. The molecule has 0 radical (unpaired) electrons. The lowest BCUT2D eigenvalue weighted by Crippen LogP contribution is -2.41. The number of carbonyl (C=O) groups excluding carboxylic acids is 1. The van der Waals surface area contributed by atoms with Crippen LogP contribution in [0.1, 0.15) is 12.8 Å². The Labute approximate surface area is 198 Å². The van der Waals surface area contributed by atoms with E-state index in [9.17, 15) is 17.6 Å². The Morgan fingerprint density at radius 3 is 2.52 bits per heavy atom. The van der Waals surface area contributed by atoms with Gasteiger partial charge in [-0.05, 0) is 60.7 Å². The number of thiazole rings is 1. The predicted octanol–water partition coefficient (Wildman–Crippen LogP) is 5.20. The molecule has 33 heavy (non-hydrogen) atoms. The van der Waals surface area contributed by atoms with Crippen molar-refractivity contribution in [1.29, 1.82) is 0 Å². The normalized spacial score (nSPS) is 15.7. The van der Waals surface area contributed by atoms with Gasteiger partial charge in [-0.15, -0.1) is 22.7 Å². The van der Waals surface area contributed by atoms with Gasteiger partial charge >= 0.3 is 0 Å². The molecular formula is C23H20FN3O3S3. The lowest BCUT2D eigenvalue weighted by molar-refractivity contribution is -0.120. The van der Waals surface area contributed by atoms with Crippen molar-refractivity contribution < 1.29 is 17.6 Å². The summed E-state index contributed by atoms with van der Waals surface area (Å²) >= 11 is 3.03. The standard InChI is InChI=1S/C23H20FN3O3S3/c24-16-5-7-17(8-6-16)33(29,30)27-12-9-15(10-13-27)21(28)26-22-18(11-14-31-22)23-25-19-3-1-2-4-20(19)32-23/h1-8,11,14-15H,9-10,12-13H2,(H,26,28). The van der Waals surface area contributed by atoms with Gasteiger partial charge in [-0.25, -0.2) is 17.8 Å². The third-order valence-corrected chi connectivity index (χ3v) is 9.51. The van der Waals surface area contributed by atoms with E-state index in [4.69, 9.17) is 0 Å². The Morgan fingerprint density at radius 2 is 1.79 bits per heavy atom. The zero-order chi connectivity index (χ0) is 23.0. The van der Waals surface area contributed by atoms with E-state index in [-0.39, 0.29) is 29.8 Å². The molecule has 3 heterocycles. The van der Waals surface area contributed by atoms with E-state index >= 15 is 0 Å². The number of anilines is 1. The molecule has 10 heteroatoms. The summed E-state index contributed by atoms with van der Waals surface area (Å²) in [5.41, 5.74) is 1.82. The van der Waals surface area contributed by atoms with Gasteiger partial charge in [0.25, 0.3) is 0 Å². The summed E-state index contributed by atoms with van der Waals surface area (Å²) in [5, 5.41) is 6.56. The second-order valence-corrected chi connectivity index (χ2v) is 11.7. The van der Waals surface area contributed by atoms with Crippen LogP contribution in [0.3, 0.4) is 0 Å². The van der Waals surface area contributed by atoms with Crippen molar-refractivity contribution in [3.8, 4) is 10.6 Å². The maximum absolute atomic E-state index is 13.1. The number of nitrogens with one attached hydrogen (secondary N) is 1. The van der Waals surface area contributed by atoms with Crippen LogP contribution in [-0.2, 0) is 14.8 Å². The molecular weight excluding hydrogens is 481 g/mol. The van der Waals surface area contributed by atoms with Crippen molar-refractivity contribution in [2.75, 3.05) is 18.4 Å². The van der Waals surface area contributed by atoms with Crippen LogP contribution in [0.15, 0.2) is 64.9 Å². The summed E-state index contributed by atoms with van der Waals surface area (Å²) in [4.78, 5) is 17.7. The summed E-state index contributed by atoms with van der Waals surface area (Å²) in [5.74, 6) is -0.878. The highest BCUT2D eigenvalue weighted by molar-refractivity contribution is 7.89. The number of amides is 1. The number of thiophene rings is 1. The van der Waals surface area contributed by atoms with Crippen molar-refractivity contribution in [1.82, 2.24) is 9.29 Å². The van der Waals surface area contributed by atoms with Crippen molar-refractivity contribution >= 4 is 53.8 Å². The van der Waals surface area contributed by atoms with E-state index in [1.54, 1.807) is 11.3 Å². The highest BCUT2D eigenvalue weighted by atomic mass is 32.2. The Bertz CT molecular complexity index is 1370. The van der Waals surface area contributed by atoms with Crippen LogP contribution < -0.4 is 5.32 Å². The minimum Gasteiger partial charge on any atom is -0.317 e. The molecule has 1 fully saturated rings. The molecule has 1 N–H and O–H groups in total. The summed E-state index contributed by atoms with van der Waals surface area (Å²) in [7, 11) is -3.70. The molecule has 1 saturated heterocycles. The molecule has 4 aromatic rings. The molecule has 0 unspecified atom stereocenters. The molecule has 5 rings (SSSR count). The molecule has 1 amide bonds. The van der Waals surface area contributed by atoms with Gasteiger partial charge in [0.1, 0.15) is 15.8 Å². The summed E-state index contributed by atoms with van der Waals surface area (Å²) in [6.45, 7) is 0.486. The fourth-order valence-electron chi connectivity index (χ4n) is 3.89. The van der Waals surface area contributed by atoms with Gasteiger partial charge in [0.05, 0.1) is 15.1 Å². The van der Waals surface area contributed by atoms with E-state index in [2.05, 4.69) is 10.3 Å². The third kappa shape index (κ3) is 4.43. The molecule has 0 spiro atoms.